The molecule has 1 fully saturated rings. The van der Waals surface area contributed by atoms with Gasteiger partial charge in [-0.15, -0.1) is 0 Å². The fourth-order valence-electron chi connectivity index (χ4n) is 1.83. The predicted molar refractivity (Wildman–Crippen MR) is 68.2 cm³/mol. The molecule has 1 aromatic carbocycles. The lowest BCUT2D eigenvalue weighted by Gasteiger charge is -2.17. The van der Waals surface area contributed by atoms with Crippen LogP contribution < -0.4 is 15.2 Å². The molecule has 6 heteroatoms. The van der Waals surface area contributed by atoms with Crippen LogP contribution >= 0.6 is 0 Å². The van der Waals surface area contributed by atoms with Crippen molar-refractivity contribution in [3.8, 4) is 5.75 Å². The summed E-state index contributed by atoms with van der Waals surface area (Å²) < 4.78 is 10.3. The van der Waals surface area contributed by atoms with Gasteiger partial charge in [0.15, 0.2) is 17.7 Å². The zero-order valence-electron chi connectivity index (χ0n) is 10.7. The van der Waals surface area contributed by atoms with Crippen molar-refractivity contribution in [2.24, 2.45) is 0 Å². The molecule has 100 valence electrons. The molecule has 1 aliphatic rings. The Kier molecular flexibility index (Phi) is 3.85. The van der Waals surface area contributed by atoms with E-state index in [1.54, 1.807) is 44.2 Å². The van der Waals surface area contributed by atoms with Crippen molar-refractivity contribution in [1.29, 1.82) is 0 Å². The number of hydrogen-bond donors (Lipinski definition) is 1. The molecule has 1 heterocycles. The normalized spacial score (nSPS) is 18.2. The van der Waals surface area contributed by atoms with Crippen molar-refractivity contribution >= 4 is 17.5 Å². The second-order valence-electron chi connectivity index (χ2n) is 3.83. The molecule has 1 N–H and O–H groups in total. The van der Waals surface area contributed by atoms with E-state index >= 15 is 0 Å². The lowest BCUT2D eigenvalue weighted by Crippen LogP contribution is -2.32. The number of anilines is 1. The molecule has 1 saturated heterocycles. The van der Waals surface area contributed by atoms with Gasteiger partial charge in [-0.1, -0.05) is 0 Å². The summed E-state index contributed by atoms with van der Waals surface area (Å²) in [5.41, 5.74) is 3.33. The van der Waals surface area contributed by atoms with Gasteiger partial charge in [-0.05, 0) is 31.2 Å². The molecule has 1 amide bonds. The van der Waals surface area contributed by atoms with Crippen LogP contribution in [0, 0.1) is 0 Å². The van der Waals surface area contributed by atoms with Crippen molar-refractivity contribution in [3.63, 3.8) is 0 Å². The Hall–Kier alpha value is -2.30. The Labute approximate surface area is 110 Å². The van der Waals surface area contributed by atoms with E-state index in [4.69, 9.17) is 9.47 Å². The highest BCUT2D eigenvalue weighted by Gasteiger charge is 2.38. The summed E-state index contributed by atoms with van der Waals surface area (Å²) in [5.74, 6) is 2.07. The minimum Gasteiger partial charge on any atom is -0.497 e. The van der Waals surface area contributed by atoms with Crippen LogP contribution in [0.1, 0.15) is 6.92 Å². The highest BCUT2D eigenvalue weighted by molar-refractivity contribution is 5.94. The Bertz CT molecular complexity index is 520. The molecule has 1 atom stereocenters. The molecule has 19 heavy (non-hydrogen) atoms. The van der Waals surface area contributed by atoms with Crippen LogP contribution in [0.5, 0.6) is 5.75 Å². The molecular weight excluding hydrogens is 248 g/mol. The van der Waals surface area contributed by atoms with Gasteiger partial charge in [0.05, 0.1) is 12.8 Å². The van der Waals surface area contributed by atoms with E-state index < -0.39 is 6.10 Å². The van der Waals surface area contributed by atoms with Gasteiger partial charge in [0.2, 0.25) is 0 Å². The van der Waals surface area contributed by atoms with Gasteiger partial charge in [0.25, 0.3) is 5.91 Å². The summed E-state index contributed by atoms with van der Waals surface area (Å²) in [6.07, 6.45) is -0.912. The number of nitrogens with zero attached hydrogens (tertiary/aromatic N) is 1. The maximum Gasteiger partial charge on any atom is 0.274 e. The average molecular weight is 262 g/mol. The quantitative estimate of drug-likeness (QED) is 0.808. The highest BCUT2D eigenvalue weighted by atomic mass is 16.5. The molecule has 0 aliphatic carbocycles. The first-order valence-corrected chi connectivity index (χ1v) is 5.82. The summed E-state index contributed by atoms with van der Waals surface area (Å²) in [6, 6.07) is 6.92. The lowest BCUT2D eigenvalue weighted by molar-refractivity contribution is -0.127. The number of carbonyl (C=O) groups is 1. The Morgan fingerprint density at radius 1 is 1.37 bits per heavy atom. The van der Waals surface area contributed by atoms with Gasteiger partial charge in [-0.3, -0.25) is 10.2 Å². The standard InChI is InChI=1S/C13H14N2O4/c1-3-19-12-11(8-16)15(14-13(12)17)9-4-6-10(18-2)7-5-9/h4-7,12H,3H2,1-2H3,(H,14,17). The Morgan fingerprint density at radius 2 is 2.05 bits per heavy atom. The third-order valence-corrected chi connectivity index (χ3v) is 2.72. The zero-order chi connectivity index (χ0) is 13.8. The van der Waals surface area contributed by atoms with Gasteiger partial charge in [0.1, 0.15) is 5.75 Å². The van der Waals surface area contributed by atoms with Crippen LogP contribution in [0.15, 0.2) is 30.0 Å². The van der Waals surface area contributed by atoms with E-state index in [0.29, 0.717) is 18.0 Å². The highest BCUT2D eigenvalue weighted by Crippen LogP contribution is 2.25. The van der Waals surface area contributed by atoms with Gasteiger partial charge in [-0.25, -0.2) is 9.80 Å². The van der Waals surface area contributed by atoms with Gasteiger partial charge in [-0.2, -0.15) is 0 Å². The van der Waals surface area contributed by atoms with E-state index in [-0.39, 0.29) is 11.6 Å². The number of carbonyl (C=O) groups excluding carboxylic acids is 2. The van der Waals surface area contributed by atoms with Crippen LogP contribution in [-0.2, 0) is 14.3 Å². The molecule has 1 aromatic rings. The van der Waals surface area contributed by atoms with E-state index in [1.165, 1.54) is 5.01 Å². The van der Waals surface area contributed by atoms with Crippen LogP contribution in [0.25, 0.3) is 0 Å². The lowest BCUT2D eigenvalue weighted by atomic mass is 10.2. The minimum absolute atomic E-state index is 0.122. The molecule has 6 nitrogen and oxygen atoms in total. The first-order chi connectivity index (χ1) is 9.21. The molecule has 0 bridgehead atoms. The number of nitrogens with one attached hydrogen (secondary N) is 1. The topological polar surface area (TPSA) is 67.9 Å². The van der Waals surface area contributed by atoms with E-state index in [2.05, 4.69) is 5.43 Å². The fraction of sp³-hybridized carbons (Fsp3) is 0.308. The molecule has 2 rings (SSSR count). The van der Waals surface area contributed by atoms with Gasteiger partial charge in [0, 0.05) is 6.61 Å². The van der Waals surface area contributed by atoms with E-state index in [1.807, 2.05) is 0 Å². The number of methoxy groups -OCH3 is 1. The van der Waals surface area contributed by atoms with Crippen molar-refractivity contribution in [2.75, 3.05) is 18.7 Å². The maximum absolute atomic E-state index is 11.7. The second-order valence-corrected chi connectivity index (χ2v) is 3.83. The fourth-order valence-corrected chi connectivity index (χ4v) is 1.83. The number of hydrogen-bond acceptors (Lipinski definition) is 5. The zero-order valence-corrected chi connectivity index (χ0v) is 10.7. The van der Waals surface area contributed by atoms with Crippen LogP contribution in [-0.4, -0.2) is 31.7 Å². The first-order valence-electron chi connectivity index (χ1n) is 5.82. The molecule has 1 unspecified atom stereocenters. The van der Waals surface area contributed by atoms with Crippen molar-refractivity contribution in [2.45, 2.75) is 13.0 Å². The number of benzene rings is 1. The largest absolute Gasteiger partial charge is 0.497 e. The summed E-state index contributed by atoms with van der Waals surface area (Å²) in [7, 11) is 1.56. The van der Waals surface area contributed by atoms with Crippen LogP contribution in [0.4, 0.5) is 5.69 Å². The Morgan fingerprint density at radius 3 is 2.58 bits per heavy atom. The minimum atomic E-state index is -0.912. The summed E-state index contributed by atoms with van der Waals surface area (Å²) >= 11 is 0. The van der Waals surface area contributed by atoms with Crippen molar-refractivity contribution < 1.29 is 19.1 Å². The summed E-state index contributed by atoms with van der Waals surface area (Å²) in [4.78, 5) is 22.8. The number of hydrazine groups is 1. The van der Waals surface area contributed by atoms with Crippen LogP contribution in [0.2, 0.25) is 0 Å². The molecule has 0 saturated carbocycles. The molecule has 0 spiro atoms. The third kappa shape index (κ3) is 2.45. The maximum atomic E-state index is 11.7. The molecular formula is C13H14N2O4. The smallest absolute Gasteiger partial charge is 0.274 e. The summed E-state index contributed by atoms with van der Waals surface area (Å²) in [5, 5.41) is 1.37. The first kappa shape index (κ1) is 13.1. The van der Waals surface area contributed by atoms with Crippen molar-refractivity contribution in [1.82, 2.24) is 5.43 Å². The third-order valence-electron chi connectivity index (χ3n) is 2.72. The average Bonchev–Trinajstić information content (AvgIpc) is 2.76. The second kappa shape index (κ2) is 5.56. The van der Waals surface area contributed by atoms with E-state index in [0.717, 1.165) is 0 Å². The van der Waals surface area contributed by atoms with Crippen LogP contribution in [0.3, 0.4) is 0 Å². The van der Waals surface area contributed by atoms with Crippen molar-refractivity contribution in [3.05, 3.63) is 30.0 Å². The summed E-state index contributed by atoms with van der Waals surface area (Å²) in [6.45, 7) is 2.09. The van der Waals surface area contributed by atoms with E-state index in [9.17, 15) is 9.59 Å². The molecule has 0 radical (unpaired) electrons. The Balaban J connectivity index is 2.29. The number of amides is 1. The molecule has 0 aromatic heterocycles. The number of rotatable bonds is 4. The SMILES string of the molecule is CCOC1C(=O)NN(c2ccc(OC)cc2)C1=C=O. The predicted octanol–water partition coefficient (Wildman–Crippen LogP) is 0.667. The monoisotopic (exact) mass is 262 g/mol. The number of ether oxygens (including phenoxy) is 2. The van der Waals surface area contributed by atoms with Gasteiger partial charge >= 0.3 is 0 Å². The van der Waals surface area contributed by atoms with Gasteiger partial charge < -0.3 is 9.47 Å². The molecule has 1 aliphatic heterocycles.